The van der Waals surface area contributed by atoms with Gasteiger partial charge in [-0.15, -0.1) is 11.3 Å². The van der Waals surface area contributed by atoms with E-state index in [-0.39, 0.29) is 19.6 Å². The van der Waals surface area contributed by atoms with Gasteiger partial charge in [0.1, 0.15) is 11.3 Å². The van der Waals surface area contributed by atoms with Crippen molar-refractivity contribution in [1.29, 1.82) is 0 Å². The van der Waals surface area contributed by atoms with E-state index in [9.17, 15) is 19.2 Å². The van der Waals surface area contributed by atoms with E-state index in [0.29, 0.717) is 16.8 Å². The van der Waals surface area contributed by atoms with Crippen LogP contribution in [0.5, 0.6) is 0 Å². The molecule has 0 bridgehead atoms. The molecule has 0 radical (unpaired) electrons. The molecule has 2 heterocycles. The first kappa shape index (κ1) is 23.1. The van der Waals surface area contributed by atoms with Gasteiger partial charge in [0.2, 0.25) is 0 Å². The minimum Gasteiger partial charge on any atom is -0.466 e. The maximum absolute atomic E-state index is 11.9. The third kappa shape index (κ3) is 6.15. The first-order valence-electron chi connectivity index (χ1n) is 9.34. The summed E-state index contributed by atoms with van der Waals surface area (Å²) in [5.41, 5.74) is 1.28. The number of carbonyl (C=O) groups is 2. The van der Waals surface area contributed by atoms with Crippen LogP contribution >= 0.6 is 11.3 Å². The largest absolute Gasteiger partial charge is 0.466 e. The van der Waals surface area contributed by atoms with Gasteiger partial charge in [-0.2, -0.15) is 0 Å². The molecular formula is C21H23NO7S. The third-order valence-corrected chi connectivity index (χ3v) is 5.01. The van der Waals surface area contributed by atoms with Crippen LogP contribution in [0, 0.1) is 6.92 Å². The Hall–Kier alpha value is -3.20. The summed E-state index contributed by atoms with van der Waals surface area (Å²) in [7, 11) is 0. The molecule has 1 aromatic carbocycles. The van der Waals surface area contributed by atoms with E-state index in [1.807, 2.05) is 42.6 Å². The van der Waals surface area contributed by atoms with Crippen LogP contribution in [0.25, 0.3) is 10.2 Å². The molecule has 3 aromatic rings. The summed E-state index contributed by atoms with van der Waals surface area (Å²) in [6.07, 6.45) is -0.290. The summed E-state index contributed by atoms with van der Waals surface area (Å²) >= 11 is 1.39. The Kier molecular flexibility index (Phi) is 8.54. The zero-order valence-electron chi connectivity index (χ0n) is 17.0. The molecule has 160 valence electrons. The smallest absolute Gasteiger partial charge is 0.423 e. The van der Waals surface area contributed by atoms with Crippen molar-refractivity contribution < 1.29 is 23.5 Å². The van der Waals surface area contributed by atoms with Gasteiger partial charge in [-0.05, 0) is 37.3 Å². The second-order valence-electron chi connectivity index (χ2n) is 6.11. The zero-order valence-corrected chi connectivity index (χ0v) is 17.8. The Labute approximate surface area is 176 Å². The Morgan fingerprint density at radius 2 is 1.63 bits per heavy atom. The van der Waals surface area contributed by atoms with Crippen molar-refractivity contribution in [3.8, 4) is 0 Å². The number of nitrogens with zero attached hydrogens (tertiary/aromatic N) is 1. The maximum atomic E-state index is 11.9. The molecule has 0 atom stereocenters. The van der Waals surface area contributed by atoms with Crippen molar-refractivity contribution in [2.24, 2.45) is 0 Å². The van der Waals surface area contributed by atoms with Crippen molar-refractivity contribution in [2.45, 2.75) is 33.7 Å². The van der Waals surface area contributed by atoms with E-state index in [0.717, 1.165) is 11.1 Å². The lowest BCUT2D eigenvalue weighted by molar-refractivity contribution is -0.153. The number of thiophene rings is 1. The summed E-state index contributed by atoms with van der Waals surface area (Å²) in [4.78, 5) is 45.5. The number of fused-ring (bicyclic) bond motifs is 1. The van der Waals surface area contributed by atoms with Gasteiger partial charge in [-0.25, -0.2) is 9.59 Å². The quantitative estimate of drug-likeness (QED) is 0.435. The second-order valence-corrected chi connectivity index (χ2v) is 6.97. The zero-order chi connectivity index (χ0) is 22.1. The van der Waals surface area contributed by atoms with Crippen LogP contribution in [-0.4, -0.2) is 29.7 Å². The lowest BCUT2D eigenvalue weighted by Crippen LogP contribution is -2.24. The number of hydrogen-bond donors (Lipinski definition) is 0. The van der Waals surface area contributed by atoms with Crippen LogP contribution in [0.15, 0.2) is 49.7 Å². The molecule has 0 saturated heterocycles. The molecule has 0 saturated carbocycles. The predicted octanol–water partition coefficient (Wildman–Crippen LogP) is 2.88. The van der Waals surface area contributed by atoms with Crippen molar-refractivity contribution in [2.75, 3.05) is 13.2 Å². The number of rotatable bonds is 6. The van der Waals surface area contributed by atoms with Gasteiger partial charge >= 0.3 is 23.3 Å². The third-order valence-electron chi connectivity index (χ3n) is 3.89. The summed E-state index contributed by atoms with van der Waals surface area (Å²) < 4.78 is 15.3. The number of carbonyl (C=O) groups excluding carboxylic acids is 2. The van der Waals surface area contributed by atoms with E-state index >= 15 is 0 Å². The van der Waals surface area contributed by atoms with E-state index in [1.54, 1.807) is 13.8 Å². The highest BCUT2D eigenvalue weighted by Gasteiger charge is 2.13. The van der Waals surface area contributed by atoms with Crippen molar-refractivity contribution in [1.82, 2.24) is 4.57 Å². The van der Waals surface area contributed by atoms with Crippen LogP contribution < -0.4 is 11.4 Å². The number of aryl methyl sites for hydroxylation is 1. The molecular weight excluding hydrogens is 410 g/mol. The van der Waals surface area contributed by atoms with Crippen LogP contribution in [0.1, 0.15) is 31.4 Å². The molecule has 3 rings (SSSR count). The van der Waals surface area contributed by atoms with E-state index < -0.39 is 23.3 Å². The Morgan fingerprint density at radius 1 is 1.03 bits per heavy atom. The highest BCUT2D eigenvalue weighted by Crippen LogP contribution is 2.21. The van der Waals surface area contributed by atoms with Gasteiger partial charge in [-0.1, -0.05) is 30.3 Å². The van der Waals surface area contributed by atoms with Crippen LogP contribution in [0.2, 0.25) is 0 Å². The molecule has 30 heavy (non-hydrogen) atoms. The monoisotopic (exact) mass is 433 g/mol. The van der Waals surface area contributed by atoms with Crippen molar-refractivity contribution in [3.63, 3.8) is 0 Å². The molecule has 0 N–H and O–H groups in total. The van der Waals surface area contributed by atoms with Crippen LogP contribution in [0.3, 0.4) is 0 Å². The minimum absolute atomic E-state index is 0.290. The second kappa shape index (κ2) is 11.1. The molecule has 0 aliphatic carbocycles. The van der Waals surface area contributed by atoms with Gasteiger partial charge in [0.05, 0.1) is 25.1 Å². The average Bonchev–Trinajstić information content (AvgIpc) is 3.09. The fourth-order valence-corrected chi connectivity index (χ4v) is 3.62. The lowest BCUT2D eigenvalue weighted by Gasteiger charge is -2.05. The normalized spacial score (nSPS) is 10.2. The fraction of sp³-hybridized carbons (Fsp3) is 0.333. The number of aromatic nitrogens is 1. The molecule has 9 heteroatoms. The number of ether oxygens (including phenoxy) is 2. The highest BCUT2D eigenvalue weighted by molar-refractivity contribution is 7.17. The van der Waals surface area contributed by atoms with Gasteiger partial charge in [0.15, 0.2) is 0 Å². The predicted molar refractivity (Wildman–Crippen MR) is 113 cm³/mol. The number of benzene rings is 1. The summed E-state index contributed by atoms with van der Waals surface area (Å²) in [6.45, 7) is 6.19. The van der Waals surface area contributed by atoms with Gasteiger partial charge < -0.3 is 13.9 Å². The number of hydrogen-bond acceptors (Lipinski definition) is 8. The lowest BCUT2D eigenvalue weighted by atomic mass is 10.2. The van der Waals surface area contributed by atoms with Crippen LogP contribution in [-0.2, 0) is 25.6 Å². The standard InChI is InChI=1S/C14H11NO3S.C7H12O4/c1-9-8-19-12-11(9)13(16)18-14(17)15(12)7-10-5-3-2-4-6-10;1-3-10-6(8)5-7(9)11-4-2/h2-6,8H,7H2,1H3;3-5H2,1-2H3. The molecule has 0 aliphatic rings. The Bertz CT molecular complexity index is 1100. The fourth-order valence-electron chi connectivity index (χ4n) is 2.59. The topological polar surface area (TPSA) is 105 Å². The van der Waals surface area contributed by atoms with Crippen molar-refractivity contribution in [3.05, 3.63) is 67.8 Å². The molecule has 8 nitrogen and oxygen atoms in total. The van der Waals surface area contributed by atoms with E-state index in [1.165, 1.54) is 15.9 Å². The van der Waals surface area contributed by atoms with Crippen molar-refractivity contribution >= 4 is 33.5 Å². The van der Waals surface area contributed by atoms with Crippen LogP contribution in [0.4, 0.5) is 0 Å². The Morgan fingerprint density at radius 3 is 2.20 bits per heavy atom. The Balaban J connectivity index is 0.000000252. The number of esters is 2. The summed E-state index contributed by atoms with van der Waals surface area (Å²) in [5.74, 6) is -1.68. The minimum atomic E-state index is -0.608. The highest BCUT2D eigenvalue weighted by atomic mass is 32.1. The van der Waals surface area contributed by atoms with Gasteiger partial charge in [0, 0.05) is 0 Å². The van der Waals surface area contributed by atoms with Gasteiger partial charge in [-0.3, -0.25) is 14.2 Å². The molecule has 0 aliphatic heterocycles. The molecule has 0 fully saturated rings. The first-order chi connectivity index (χ1) is 14.4. The average molecular weight is 433 g/mol. The summed E-state index contributed by atoms with van der Waals surface area (Å²) in [6, 6.07) is 9.61. The molecule has 0 spiro atoms. The van der Waals surface area contributed by atoms with E-state index in [2.05, 4.69) is 9.47 Å². The SMILES string of the molecule is CCOC(=O)CC(=O)OCC.Cc1csc2c1c(=O)oc(=O)n2Cc1ccccc1. The first-order valence-corrected chi connectivity index (χ1v) is 10.2. The summed E-state index contributed by atoms with van der Waals surface area (Å²) in [5, 5.41) is 2.36. The molecule has 0 amide bonds. The molecule has 0 unspecified atom stereocenters. The maximum Gasteiger partial charge on any atom is 0.423 e. The molecule has 2 aromatic heterocycles. The van der Waals surface area contributed by atoms with Gasteiger partial charge in [0.25, 0.3) is 0 Å². The van der Waals surface area contributed by atoms with E-state index in [4.69, 9.17) is 4.42 Å².